The number of methoxy groups -OCH3 is 1. The predicted molar refractivity (Wildman–Crippen MR) is 95.2 cm³/mol. The van der Waals surface area contributed by atoms with Gasteiger partial charge in [-0.25, -0.2) is 0 Å². The Bertz CT molecular complexity index is 290. The zero-order valence-electron chi connectivity index (χ0n) is 13.3. The fourth-order valence-electron chi connectivity index (χ4n) is 2.26. The number of rotatable bonds is 5. The number of guanidine groups is 1. The summed E-state index contributed by atoms with van der Waals surface area (Å²) in [7, 11) is 7.86. The van der Waals surface area contributed by atoms with Crippen molar-refractivity contribution < 1.29 is 4.74 Å². The van der Waals surface area contributed by atoms with Crippen LogP contribution in [0.5, 0.6) is 0 Å². The highest BCUT2D eigenvalue weighted by atomic mass is 127. The van der Waals surface area contributed by atoms with Gasteiger partial charge in [-0.2, -0.15) is 0 Å². The largest absolute Gasteiger partial charge is 0.383 e. The van der Waals surface area contributed by atoms with Crippen molar-refractivity contribution in [2.45, 2.75) is 19.0 Å². The van der Waals surface area contributed by atoms with E-state index < -0.39 is 0 Å². The van der Waals surface area contributed by atoms with Crippen LogP contribution in [0.15, 0.2) is 4.99 Å². The summed E-state index contributed by atoms with van der Waals surface area (Å²) in [5.74, 6) is 0.839. The van der Waals surface area contributed by atoms with Gasteiger partial charge in [0.1, 0.15) is 0 Å². The summed E-state index contributed by atoms with van der Waals surface area (Å²) in [6.07, 6.45) is 0. The van der Waals surface area contributed by atoms with E-state index in [2.05, 4.69) is 46.4 Å². The van der Waals surface area contributed by atoms with Gasteiger partial charge in [0.05, 0.1) is 6.61 Å². The van der Waals surface area contributed by atoms with Crippen LogP contribution in [0.3, 0.4) is 0 Å². The lowest BCUT2D eigenvalue weighted by Crippen LogP contribution is -2.56. The van der Waals surface area contributed by atoms with E-state index in [1.165, 1.54) is 0 Å². The van der Waals surface area contributed by atoms with E-state index >= 15 is 0 Å². The molecule has 20 heavy (non-hydrogen) atoms. The van der Waals surface area contributed by atoms with Crippen molar-refractivity contribution in [2.75, 3.05) is 61.0 Å². The van der Waals surface area contributed by atoms with Crippen LogP contribution in [0.1, 0.15) is 6.92 Å². The first-order valence-corrected chi connectivity index (χ1v) is 6.91. The fourth-order valence-corrected chi connectivity index (χ4v) is 2.26. The molecule has 0 aromatic rings. The van der Waals surface area contributed by atoms with Crippen LogP contribution in [0.2, 0.25) is 0 Å². The van der Waals surface area contributed by atoms with Crippen molar-refractivity contribution in [3.63, 3.8) is 0 Å². The molecule has 1 aliphatic rings. The summed E-state index contributed by atoms with van der Waals surface area (Å²) in [5, 5.41) is 6.71. The van der Waals surface area contributed by atoms with Gasteiger partial charge in [0.15, 0.2) is 5.96 Å². The van der Waals surface area contributed by atoms with Crippen LogP contribution in [0, 0.1) is 0 Å². The van der Waals surface area contributed by atoms with Crippen LogP contribution >= 0.6 is 24.0 Å². The molecule has 0 bridgehead atoms. The van der Waals surface area contributed by atoms with Crippen molar-refractivity contribution in [1.29, 1.82) is 0 Å². The molecule has 2 atom stereocenters. The molecule has 0 saturated carbocycles. The summed E-state index contributed by atoms with van der Waals surface area (Å²) in [6.45, 7) is 7.01. The minimum atomic E-state index is 0. The number of nitrogens with one attached hydrogen (secondary N) is 2. The number of hydrogen-bond donors (Lipinski definition) is 2. The maximum Gasteiger partial charge on any atom is 0.191 e. The summed E-state index contributed by atoms with van der Waals surface area (Å²) in [6, 6.07) is 0.776. The van der Waals surface area contributed by atoms with Crippen molar-refractivity contribution in [3.05, 3.63) is 0 Å². The Balaban J connectivity index is 0.00000361. The van der Waals surface area contributed by atoms with Crippen LogP contribution in [-0.2, 0) is 4.74 Å². The molecule has 0 aliphatic carbocycles. The lowest BCUT2D eigenvalue weighted by Gasteiger charge is -2.38. The monoisotopic (exact) mass is 399 g/mol. The average molecular weight is 399 g/mol. The normalized spacial score (nSPS) is 23.1. The van der Waals surface area contributed by atoms with Gasteiger partial charge >= 0.3 is 0 Å². The molecule has 0 aromatic carbocycles. The molecule has 0 radical (unpaired) electrons. The van der Waals surface area contributed by atoms with Crippen molar-refractivity contribution >= 4 is 29.9 Å². The molecule has 120 valence electrons. The Morgan fingerprint density at radius 2 is 2.10 bits per heavy atom. The average Bonchev–Trinajstić information content (AvgIpc) is 2.38. The predicted octanol–water partition coefficient (Wildman–Crippen LogP) is 0.0501. The highest BCUT2D eigenvalue weighted by molar-refractivity contribution is 14.0. The standard InChI is InChI=1S/C13H29N5O.HI/c1-11(10-19-5)16-13(14-2)15-8-12-9-17(3)6-7-18(12)4;/h11-12H,6-10H2,1-5H3,(H2,14,15,16);1H. The maximum absolute atomic E-state index is 5.11. The number of likely N-dealkylation sites (N-methyl/N-ethyl adjacent to an activating group) is 2. The highest BCUT2D eigenvalue weighted by Crippen LogP contribution is 2.04. The minimum absolute atomic E-state index is 0. The number of nitrogens with zero attached hydrogens (tertiary/aromatic N) is 3. The van der Waals surface area contributed by atoms with Gasteiger partial charge in [0.2, 0.25) is 0 Å². The highest BCUT2D eigenvalue weighted by Gasteiger charge is 2.22. The molecular weight excluding hydrogens is 369 g/mol. The molecule has 7 heteroatoms. The quantitative estimate of drug-likeness (QED) is 0.389. The first-order valence-electron chi connectivity index (χ1n) is 6.91. The molecule has 2 N–H and O–H groups in total. The molecule has 1 aliphatic heterocycles. The number of piperazine rings is 1. The summed E-state index contributed by atoms with van der Waals surface area (Å²) in [4.78, 5) is 9.02. The molecule has 0 amide bonds. The van der Waals surface area contributed by atoms with Crippen molar-refractivity contribution in [2.24, 2.45) is 4.99 Å². The van der Waals surface area contributed by atoms with Crippen molar-refractivity contribution in [1.82, 2.24) is 20.4 Å². The first-order chi connectivity index (χ1) is 9.06. The fraction of sp³-hybridized carbons (Fsp3) is 0.923. The zero-order chi connectivity index (χ0) is 14.3. The molecule has 0 spiro atoms. The van der Waals surface area contributed by atoms with Gasteiger partial charge in [-0.15, -0.1) is 24.0 Å². The molecule has 0 aromatic heterocycles. The summed E-state index contributed by atoms with van der Waals surface area (Å²) >= 11 is 0. The van der Waals surface area contributed by atoms with Crippen LogP contribution < -0.4 is 10.6 Å². The van der Waals surface area contributed by atoms with Crippen molar-refractivity contribution in [3.8, 4) is 0 Å². The third kappa shape index (κ3) is 7.05. The van der Waals surface area contributed by atoms with Crippen LogP contribution in [0.25, 0.3) is 0 Å². The van der Waals surface area contributed by atoms with Gasteiger partial charge in [0.25, 0.3) is 0 Å². The van der Waals surface area contributed by atoms with Crippen LogP contribution in [-0.4, -0.2) is 88.9 Å². The Labute approximate surface area is 140 Å². The third-order valence-corrected chi connectivity index (χ3v) is 3.51. The van der Waals surface area contributed by atoms with E-state index in [0.29, 0.717) is 12.6 Å². The van der Waals surface area contributed by atoms with Gasteiger partial charge < -0.3 is 20.3 Å². The third-order valence-electron chi connectivity index (χ3n) is 3.51. The Hall–Kier alpha value is -0.120. The van der Waals surface area contributed by atoms with Gasteiger partial charge in [-0.3, -0.25) is 9.89 Å². The molecule has 6 nitrogen and oxygen atoms in total. The van der Waals surface area contributed by atoms with Gasteiger partial charge in [-0.1, -0.05) is 0 Å². The second-order valence-corrected chi connectivity index (χ2v) is 5.35. The minimum Gasteiger partial charge on any atom is -0.383 e. The summed E-state index contributed by atoms with van der Waals surface area (Å²) in [5.41, 5.74) is 0. The molecule has 1 fully saturated rings. The number of aliphatic imine (C=N–C) groups is 1. The Kier molecular flexibility index (Phi) is 10.5. The SMILES string of the molecule is CN=C(NCC1CN(C)CCN1C)NC(C)COC.I. The van der Waals surface area contributed by atoms with E-state index in [9.17, 15) is 0 Å². The second-order valence-electron chi connectivity index (χ2n) is 5.35. The van der Waals surface area contributed by atoms with Crippen LogP contribution in [0.4, 0.5) is 0 Å². The molecule has 1 heterocycles. The lowest BCUT2D eigenvalue weighted by molar-refractivity contribution is 0.116. The molecule has 1 saturated heterocycles. The topological polar surface area (TPSA) is 52.1 Å². The van der Waals surface area contributed by atoms with E-state index in [1.807, 2.05) is 0 Å². The molecular formula is C13H30IN5O. The van der Waals surface area contributed by atoms with E-state index in [1.54, 1.807) is 14.2 Å². The molecule has 1 rings (SSSR count). The Morgan fingerprint density at radius 3 is 2.70 bits per heavy atom. The first kappa shape index (κ1) is 19.9. The van der Waals surface area contributed by atoms with E-state index in [-0.39, 0.29) is 30.0 Å². The van der Waals surface area contributed by atoms with E-state index in [4.69, 9.17) is 4.74 Å². The molecule has 2 unspecified atom stereocenters. The number of ether oxygens (including phenoxy) is 1. The second kappa shape index (κ2) is 10.6. The zero-order valence-corrected chi connectivity index (χ0v) is 15.7. The maximum atomic E-state index is 5.11. The van der Waals surface area contributed by atoms with Gasteiger partial charge in [0, 0.05) is 52.4 Å². The van der Waals surface area contributed by atoms with Gasteiger partial charge in [-0.05, 0) is 21.0 Å². The van der Waals surface area contributed by atoms with E-state index in [0.717, 1.165) is 32.1 Å². The summed E-state index contributed by atoms with van der Waals surface area (Å²) < 4.78 is 5.11. The lowest BCUT2D eigenvalue weighted by atomic mass is 10.2. The smallest absolute Gasteiger partial charge is 0.191 e. The Morgan fingerprint density at radius 1 is 1.40 bits per heavy atom. The number of halogens is 1. The number of hydrogen-bond acceptors (Lipinski definition) is 4.